The predicted molar refractivity (Wildman–Crippen MR) is 74.8 cm³/mol. The zero-order valence-corrected chi connectivity index (χ0v) is 11.6. The standard InChI is InChI=1S/C13H16N2O4.ClH/c16-12(17)11-6-10(7-14-11)15-13(18)19-8-9-4-2-1-3-5-9;/h1-5,10-11,14H,6-8H2,(H,15,18)(H,16,17);1H/t10-,11+;/m1./s1. The number of carbonyl (C=O) groups is 2. The van der Waals surface area contributed by atoms with E-state index in [1.165, 1.54) is 0 Å². The molecule has 1 aliphatic rings. The molecule has 1 aromatic rings. The Morgan fingerprint density at radius 3 is 2.65 bits per heavy atom. The minimum Gasteiger partial charge on any atom is -0.480 e. The van der Waals surface area contributed by atoms with Crippen molar-refractivity contribution in [3.63, 3.8) is 0 Å². The van der Waals surface area contributed by atoms with Crippen LogP contribution < -0.4 is 10.6 Å². The van der Waals surface area contributed by atoms with Crippen LogP contribution in [0.4, 0.5) is 4.79 Å². The van der Waals surface area contributed by atoms with E-state index in [0.717, 1.165) is 5.56 Å². The van der Waals surface area contributed by atoms with Gasteiger partial charge in [0.2, 0.25) is 0 Å². The first-order valence-corrected chi connectivity index (χ1v) is 6.08. The summed E-state index contributed by atoms with van der Waals surface area (Å²) < 4.78 is 5.06. The Morgan fingerprint density at radius 2 is 2.05 bits per heavy atom. The third-order valence-corrected chi connectivity index (χ3v) is 2.96. The van der Waals surface area contributed by atoms with Crippen LogP contribution in [0.3, 0.4) is 0 Å². The van der Waals surface area contributed by atoms with E-state index in [-0.39, 0.29) is 25.1 Å². The molecule has 2 rings (SSSR count). The largest absolute Gasteiger partial charge is 0.480 e. The van der Waals surface area contributed by atoms with E-state index in [4.69, 9.17) is 9.84 Å². The number of hydrogen-bond acceptors (Lipinski definition) is 4. The zero-order chi connectivity index (χ0) is 13.7. The zero-order valence-electron chi connectivity index (χ0n) is 10.7. The molecule has 0 aliphatic carbocycles. The Balaban J connectivity index is 0.00000200. The fourth-order valence-electron chi connectivity index (χ4n) is 1.97. The fraction of sp³-hybridized carbons (Fsp3) is 0.385. The lowest BCUT2D eigenvalue weighted by atomic mass is 10.2. The number of amides is 1. The van der Waals surface area contributed by atoms with E-state index in [1.54, 1.807) is 0 Å². The molecule has 0 bridgehead atoms. The van der Waals surface area contributed by atoms with E-state index in [9.17, 15) is 9.59 Å². The molecule has 1 saturated heterocycles. The molecule has 0 saturated carbocycles. The van der Waals surface area contributed by atoms with Crippen LogP contribution in [0.15, 0.2) is 30.3 Å². The molecular weight excluding hydrogens is 284 g/mol. The Bertz CT molecular complexity index is 455. The number of aliphatic carboxylic acids is 1. The van der Waals surface area contributed by atoms with E-state index < -0.39 is 18.1 Å². The van der Waals surface area contributed by atoms with Crippen molar-refractivity contribution in [3.8, 4) is 0 Å². The van der Waals surface area contributed by atoms with Gasteiger partial charge in [-0.3, -0.25) is 4.79 Å². The number of carboxylic acids is 1. The smallest absolute Gasteiger partial charge is 0.407 e. The van der Waals surface area contributed by atoms with Gasteiger partial charge in [-0.25, -0.2) is 4.79 Å². The average Bonchev–Trinajstić information content (AvgIpc) is 2.86. The number of rotatable bonds is 4. The van der Waals surface area contributed by atoms with Crippen molar-refractivity contribution in [3.05, 3.63) is 35.9 Å². The summed E-state index contributed by atoms with van der Waals surface area (Å²) in [4.78, 5) is 22.3. The van der Waals surface area contributed by atoms with Crippen molar-refractivity contribution in [2.75, 3.05) is 6.54 Å². The molecule has 1 aromatic carbocycles. The van der Waals surface area contributed by atoms with Crippen molar-refractivity contribution in [1.82, 2.24) is 10.6 Å². The number of alkyl carbamates (subject to hydrolysis) is 1. The molecule has 0 spiro atoms. The average molecular weight is 301 g/mol. The second-order valence-corrected chi connectivity index (χ2v) is 4.44. The fourth-order valence-corrected chi connectivity index (χ4v) is 1.97. The number of benzene rings is 1. The highest BCUT2D eigenvalue weighted by molar-refractivity contribution is 5.85. The second kappa shape index (κ2) is 7.72. The number of ether oxygens (including phenoxy) is 1. The van der Waals surface area contributed by atoms with Crippen LogP contribution >= 0.6 is 12.4 Å². The van der Waals surface area contributed by atoms with Gasteiger partial charge >= 0.3 is 12.1 Å². The Morgan fingerprint density at radius 1 is 1.35 bits per heavy atom. The van der Waals surface area contributed by atoms with Gasteiger partial charge in [0.1, 0.15) is 12.6 Å². The summed E-state index contributed by atoms with van der Waals surface area (Å²) in [5.74, 6) is -0.901. The number of carboxylic acid groups (broad SMARTS) is 1. The normalized spacial score (nSPS) is 20.8. The van der Waals surface area contributed by atoms with Gasteiger partial charge in [0.05, 0.1) is 0 Å². The number of nitrogens with one attached hydrogen (secondary N) is 2. The van der Waals surface area contributed by atoms with Crippen molar-refractivity contribution in [1.29, 1.82) is 0 Å². The highest BCUT2D eigenvalue weighted by Gasteiger charge is 2.30. The molecule has 3 N–H and O–H groups in total. The van der Waals surface area contributed by atoms with Gasteiger partial charge in [-0.15, -0.1) is 12.4 Å². The summed E-state index contributed by atoms with van der Waals surface area (Å²) in [5.41, 5.74) is 0.908. The number of carbonyl (C=O) groups excluding carboxylic acids is 1. The molecule has 2 atom stereocenters. The van der Waals surface area contributed by atoms with Gasteiger partial charge < -0.3 is 20.5 Å². The highest BCUT2D eigenvalue weighted by Crippen LogP contribution is 2.07. The Kier molecular flexibility index (Phi) is 6.27. The van der Waals surface area contributed by atoms with Crippen LogP contribution in [0, 0.1) is 0 Å². The third-order valence-electron chi connectivity index (χ3n) is 2.96. The quantitative estimate of drug-likeness (QED) is 0.776. The van der Waals surface area contributed by atoms with Gasteiger partial charge in [-0.1, -0.05) is 30.3 Å². The summed E-state index contributed by atoms with van der Waals surface area (Å²) in [6.45, 7) is 0.645. The van der Waals surface area contributed by atoms with E-state index >= 15 is 0 Å². The molecule has 1 fully saturated rings. The van der Waals surface area contributed by atoms with Crippen LogP contribution in [0.25, 0.3) is 0 Å². The lowest BCUT2D eigenvalue weighted by Gasteiger charge is -2.11. The second-order valence-electron chi connectivity index (χ2n) is 4.44. The topological polar surface area (TPSA) is 87.7 Å². The summed E-state index contributed by atoms with van der Waals surface area (Å²) in [5, 5.41) is 14.3. The third kappa shape index (κ3) is 4.71. The van der Waals surface area contributed by atoms with E-state index in [2.05, 4.69) is 10.6 Å². The lowest BCUT2D eigenvalue weighted by molar-refractivity contribution is -0.139. The molecule has 0 unspecified atom stereocenters. The summed E-state index contributed by atoms with van der Waals surface area (Å²) in [6, 6.07) is 8.56. The predicted octanol–water partition coefficient (Wildman–Crippen LogP) is 1.15. The van der Waals surface area contributed by atoms with Crippen LogP contribution in [0.2, 0.25) is 0 Å². The Hall–Kier alpha value is -1.79. The van der Waals surface area contributed by atoms with Crippen LogP contribution in [0.5, 0.6) is 0 Å². The van der Waals surface area contributed by atoms with Crippen LogP contribution in [0.1, 0.15) is 12.0 Å². The molecular formula is C13H17ClN2O4. The van der Waals surface area contributed by atoms with Gasteiger partial charge in [-0.05, 0) is 12.0 Å². The minimum atomic E-state index is -0.901. The maximum atomic E-state index is 11.5. The maximum Gasteiger partial charge on any atom is 0.407 e. The maximum absolute atomic E-state index is 11.5. The lowest BCUT2D eigenvalue weighted by Crippen LogP contribution is -2.36. The van der Waals surface area contributed by atoms with Gasteiger partial charge in [-0.2, -0.15) is 0 Å². The summed E-state index contributed by atoms with van der Waals surface area (Å²) in [6.07, 6.45) is -0.155. The molecule has 0 radical (unpaired) electrons. The molecule has 110 valence electrons. The van der Waals surface area contributed by atoms with E-state index in [0.29, 0.717) is 13.0 Å². The molecule has 6 nitrogen and oxygen atoms in total. The molecule has 1 heterocycles. The molecule has 1 aliphatic heterocycles. The van der Waals surface area contributed by atoms with Crippen molar-refractivity contribution < 1.29 is 19.4 Å². The summed E-state index contributed by atoms with van der Waals surface area (Å²) in [7, 11) is 0. The summed E-state index contributed by atoms with van der Waals surface area (Å²) >= 11 is 0. The minimum absolute atomic E-state index is 0. The van der Waals surface area contributed by atoms with Gasteiger partial charge in [0.15, 0.2) is 0 Å². The van der Waals surface area contributed by atoms with Crippen LogP contribution in [-0.2, 0) is 16.1 Å². The molecule has 7 heteroatoms. The molecule has 0 aromatic heterocycles. The highest BCUT2D eigenvalue weighted by atomic mass is 35.5. The number of hydrogen-bond donors (Lipinski definition) is 3. The van der Waals surface area contributed by atoms with Gasteiger partial charge in [0.25, 0.3) is 0 Å². The van der Waals surface area contributed by atoms with Crippen molar-refractivity contribution in [2.45, 2.75) is 25.1 Å². The monoisotopic (exact) mass is 300 g/mol. The van der Waals surface area contributed by atoms with E-state index in [1.807, 2.05) is 30.3 Å². The SMILES string of the molecule is Cl.O=C(N[C@H]1CN[C@H](C(=O)O)C1)OCc1ccccc1. The first kappa shape index (κ1) is 16.3. The first-order valence-electron chi connectivity index (χ1n) is 6.08. The van der Waals surface area contributed by atoms with Crippen LogP contribution in [-0.4, -0.2) is 35.8 Å². The first-order chi connectivity index (χ1) is 9.15. The molecule has 1 amide bonds. The number of halogens is 1. The van der Waals surface area contributed by atoms with Crippen molar-refractivity contribution >= 4 is 24.5 Å². The van der Waals surface area contributed by atoms with Crippen molar-refractivity contribution in [2.24, 2.45) is 0 Å². The Labute approximate surface area is 122 Å². The molecule has 20 heavy (non-hydrogen) atoms. The van der Waals surface area contributed by atoms with Gasteiger partial charge in [0, 0.05) is 12.6 Å².